The number of aromatic hydroxyl groups is 1. The van der Waals surface area contributed by atoms with Crippen LogP contribution in [-0.2, 0) is 0 Å². The molecule has 3 aromatic rings. The minimum Gasteiger partial charge on any atom is -0.507 e. The topological polar surface area (TPSA) is 87.1 Å². The zero-order chi connectivity index (χ0) is 27.3. The van der Waals surface area contributed by atoms with Crippen molar-refractivity contribution in [2.24, 2.45) is 0 Å². The number of rotatable bonds is 6. The Morgan fingerprint density at radius 3 is 2.75 bits per heavy atom. The molecule has 3 fully saturated rings. The number of hydrogen-bond acceptors (Lipinski definition) is 8. The average molecular weight is 514 g/mol. The van der Waals surface area contributed by atoms with Crippen LogP contribution in [0.2, 0.25) is 0 Å². The monoisotopic (exact) mass is 513 g/mol. The maximum absolute atomic E-state index is 15.5. The number of thioether (sulfide) groups is 1. The van der Waals surface area contributed by atoms with Gasteiger partial charge >= 0.3 is 0 Å². The van der Waals surface area contributed by atoms with Crippen LogP contribution < -0.4 is 10.2 Å². The highest BCUT2D eigenvalue weighted by atomic mass is 32.2. The van der Waals surface area contributed by atoms with Crippen LogP contribution >= 0.6 is 11.8 Å². The number of hydrogen-bond donors (Lipinski definition) is 2. The highest BCUT2D eigenvalue weighted by Crippen LogP contribution is 2.39. The summed E-state index contributed by atoms with van der Waals surface area (Å²) in [6.07, 6.45) is 4.86. The molecule has 1 saturated carbocycles. The van der Waals surface area contributed by atoms with Gasteiger partial charge in [0.1, 0.15) is 17.7 Å². The van der Waals surface area contributed by atoms with Gasteiger partial charge in [-0.1, -0.05) is 12.5 Å². The molecule has 0 radical (unpaired) electrons. The van der Waals surface area contributed by atoms with Crippen molar-refractivity contribution in [1.29, 1.82) is 0 Å². The molecule has 2 aliphatic heterocycles. The first kappa shape index (κ1) is 20.2. The molecule has 2 bridgehead atoms. The molecule has 0 unspecified atom stereocenters. The molecule has 4 atom stereocenters. The molecule has 7 nitrogen and oxygen atoms in total. The summed E-state index contributed by atoms with van der Waals surface area (Å²) in [7, 11) is 0. The van der Waals surface area contributed by atoms with Crippen molar-refractivity contribution in [3.8, 4) is 28.3 Å². The number of benzene rings is 1. The summed E-state index contributed by atoms with van der Waals surface area (Å²) < 4.78 is 52.2. The Morgan fingerprint density at radius 1 is 1.11 bits per heavy atom. The highest BCUT2D eigenvalue weighted by Gasteiger charge is 2.46. The second-order valence-corrected chi connectivity index (χ2v) is 10.4. The molecule has 6 rings (SSSR count). The van der Waals surface area contributed by atoms with Gasteiger partial charge in [0.2, 0.25) is 0 Å². The summed E-state index contributed by atoms with van der Waals surface area (Å²) in [5.41, 5.74) is 0.765. The highest BCUT2D eigenvalue weighted by molar-refractivity contribution is 7.98. The Balaban J connectivity index is 1.24. The third-order valence-electron chi connectivity index (χ3n) is 7.39. The molecule has 2 N–H and O–H groups in total. The van der Waals surface area contributed by atoms with E-state index in [9.17, 15) is 9.50 Å². The van der Waals surface area contributed by atoms with Gasteiger partial charge in [-0.2, -0.15) is 0 Å². The SMILES string of the molecule is [2H]C([2H])([2H])Sc1cc(-c2ccc(-c3ncc(N(C4CC4)[C@@H]4C[C@@H]5CCC[C@H](N5)[C@@H]4F)nn3)c(O)c2)c(F)cn1. The van der Waals surface area contributed by atoms with Gasteiger partial charge in [0, 0.05) is 27.8 Å². The van der Waals surface area contributed by atoms with Crippen LogP contribution in [0.5, 0.6) is 5.75 Å². The number of nitrogens with one attached hydrogen (secondary N) is 1. The van der Waals surface area contributed by atoms with Gasteiger partial charge < -0.3 is 15.3 Å². The van der Waals surface area contributed by atoms with Gasteiger partial charge in [-0.3, -0.25) is 0 Å². The van der Waals surface area contributed by atoms with E-state index < -0.39 is 18.2 Å². The largest absolute Gasteiger partial charge is 0.507 e. The molecule has 3 aliphatic rings. The Morgan fingerprint density at radius 2 is 2.00 bits per heavy atom. The number of phenols is 1. The maximum atomic E-state index is 15.5. The van der Waals surface area contributed by atoms with Crippen molar-refractivity contribution in [1.82, 2.24) is 25.5 Å². The Bertz CT molecular complexity index is 1360. The molecular weight excluding hydrogens is 482 g/mol. The lowest BCUT2D eigenvalue weighted by Gasteiger charge is -2.47. The molecular formula is C26H28F2N6OS. The molecule has 0 spiro atoms. The molecule has 2 aromatic heterocycles. The van der Waals surface area contributed by atoms with E-state index in [2.05, 4.69) is 30.4 Å². The Hall–Kier alpha value is -2.85. The Kier molecular flexibility index (Phi) is 5.37. The summed E-state index contributed by atoms with van der Waals surface area (Å²) >= 11 is 0.548. The molecule has 4 heterocycles. The molecule has 0 amide bonds. The van der Waals surface area contributed by atoms with E-state index in [4.69, 9.17) is 4.11 Å². The minimum atomic E-state index is -2.32. The zero-order valence-corrected chi connectivity index (χ0v) is 20.3. The minimum absolute atomic E-state index is 0.112. The van der Waals surface area contributed by atoms with Crippen molar-refractivity contribution in [3.63, 3.8) is 0 Å². The summed E-state index contributed by atoms with van der Waals surface area (Å²) in [4.78, 5) is 10.3. The first-order chi connectivity index (χ1) is 18.7. The van der Waals surface area contributed by atoms with E-state index in [0.717, 1.165) is 44.7 Å². The maximum Gasteiger partial charge on any atom is 0.185 e. The van der Waals surface area contributed by atoms with E-state index in [1.54, 1.807) is 18.3 Å². The summed E-state index contributed by atoms with van der Waals surface area (Å²) in [5.74, 6) is -0.112. The van der Waals surface area contributed by atoms with E-state index in [0.29, 0.717) is 34.7 Å². The van der Waals surface area contributed by atoms with E-state index in [1.807, 2.05) is 0 Å². The molecule has 2 saturated heterocycles. The normalized spacial score (nSPS) is 27.1. The van der Waals surface area contributed by atoms with E-state index in [-0.39, 0.29) is 40.3 Å². The quantitative estimate of drug-likeness (QED) is 0.457. The van der Waals surface area contributed by atoms with Crippen LogP contribution in [-0.4, -0.2) is 61.8 Å². The summed E-state index contributed by atoms with van der Waals surface area (Å²) in [6.45, 7) is 0. The van der Waals surface area contributed by atoms with Crippen LogP contribution in [0.15, 0.2) is 41.7 Å². The lowest BCUT2D eigenvalue weighted by atomic mass is 9.82. The van der Waals surface area contributed by atoms with E-state index in [1.165, 1.54) is 12.1 Å². The zero-order valence-electron chi connectivity index (χ0n) is 22.4. The lowest BCUT2D eigenvalue weighted by molar-refractivity contribution is 0.104. The van der Waals surface area contributed by atoms with Crippen molar-refractivity contribution in [2.75, 3.05) is 11.1 Å². The first-order valence-electron chi connectivity index (χ1n) is 13.7. The second kappa shape index (κ2) is 9.55. The van der Waals surface area contributed by atoms with Crippen LogP contribution in [0.4, 0.5) is 14.6 Å². The number of alkyl halides is 1. The van der Waals surface area contributed by atoms with Crippen molar-refractivity contribution >= 4 is 17.6 Å². The predicted octanol–water partition coefficient (Wildman–Crippen LogP) is 4.76. The summed E-state index contributed by atoms with van der Waals surface area (Å²) in [6, 6.07) is 5.99. The summed E-state index contributed by atoms with van der Waals surface area (Å²) in [5, 5.41) is 23.0. The van der Waals surface area contributed by atoms with Crippen molar-refractivity contribution < 1.29 is 18.0 Å². The second-order valence-electron chi connectivity index (χ2n) is 9.76. The van der Waals surface area contributed by atoms with Crippen LogP contribution in [0.25, 0.3) is 22.5 Å². The molecule has 1 aromatic carbocycles. The van der Waals surface area contributed by atoms with Gasteiger partial charge in [-0.25, -0.2) is 18.7 Å². The smallest absolute Gasteiger partial charge is 0.185 e. The number of halogens is 2. The Labute approximate surface area is 217 Å². The van der Waals surface area contributed by atoms with Gasteiger partial charge in [0.15, 0.2) is 11.6 Å². The van der Waals surface area contributed by atoms with Gasteiger partial charge in [-0.05, 0) is 62.1 Å². The number of nitrogens with zero attached hydrogens (tertiary/aromatic N) is 5. The predicted molar refractivity (Wildman–Crippen MR) is 135 cm³/mol. The van der Waals surface area contributed by atoms with Gasteiger partial charge in [-0.15, -0.1) is 22.0 Å². The first-order valence-corrected chi connectivity index (χ1v) is 13.0. The number of pyridine rings is 1. The third-order valence-corrected chi connectivity index (χ3v) is 7.82. The fourth-order valence-corrected chi connectivity index (χ4v) is 5.81. The van der Waals surface area contributed by atoms with Crippen LogP contribution in [0.3, 0.4) is 0 Å². The number of anilines is 1. The standard InChI is InChI=1S/C26H28F2N6OS/c1-36-24-11-18(19(27)12-29-24)14-5-8-17(22(35)9-14)26-30-13-23(32-33-26)34(16-6-7-16)21-10-15-3-2-4-20(31-15)25(21)28/h5,8-9,11-13,15-16,20-21,25,31,35H,2-4,6-7,10H2,1H3/t15-,20-,21+,25-/m0/s1/i1D3. The van der Waals surface area contributed by atoms with Crippen molar-refractivity contribution in [2.45, 2.75) is 73.9 Å². The van der Waals surface area contributed by atoms with Gasteiger partial charge in [0.05, 0.1) is 29.0 Å². The average Bonchev–Trinajstić information content (AvgIpc) is 3.73. The number of fused-ring (bicyclic) bond motifs is 2. The van der Waals surface area contributed by atoms with Crippen LogP contribution in [0, 0.1) is 5.82 Å². The molecule has 188 valence electrons. The fraction of sp³-hybridized carbons (Fsp3) is 0.462. The number of phenolic OH excluding ortho intramolecular Hbond substituents is 1. The van der Waals surface area contributed by atoms with Gasteiger partial charge in [0.25, 0.3) is 0 Å². The third kappa shape index (κ3) is 4.41. The van der Waals surface area contributed by atoms with Crippen molar-refractivity contribution in [3.05, 3.63) is 42.5 Å². The fourth-order valence-electron chi connectivity index (χ4n) is 5.52. The molecule has 10 heteroatoms. The molecule has 1 aliphatic carbocycles. The molecule has 36 heavy (non-hydrogen) atoms. The van der Waals surface area contributed by atoms with E-state index >= 15 is 4.39 Å². The number of piperidine rings is 2. The lowest BCUT2D eigenvalue weighted by Crippen LogP contribution is -2.62. The number of aromatic nitrogens is 4. The van der Waals surface area contributed by atoms with Crippen LogP contribution in [0.1, 0.15) is 42.6 Å².